The molecular weight excluding hydrogens is 302 g/mol. The van der Waals surface area contributed by atoms with Gasteiger partial charge in [-0.1, -0.05) is 55.4 Å². The number of hydrogen-bond acceptors (Lipinski definition) is 3. The summed E-state index contributed by atoms with van der Waals surface area (Å²) in [6.45, 7) is 19.3. The molecule has 0 bridgehead atoms. The Morgan fingerprint density at radius 3 is 1.75 bits per heavy atom. The molecule has 2 amide bonds. The molecule has 0 saturated carbocycles. The van der Waals surface area contributed by atoms with Crippen LogP contribution in [0.2, 0.25) is 0 Å². The van der Waals surface area contributed by atoms with Crippen LogP contribution in [0.3, 0.4) is 0 Å². The topological polar surface area (TPSA) is 54.5 Å². The number of likely N-dealkylation sites (tertiary alicyclic amines) is 1. The van der Waals surface area contributed by atoms with Crippen molar-refractivity contribution >= 4 is 17.6 Å². The summed E-state index contributed by atoms with van der Waals surface area (Å²) >= 11 is 0. The number of rotatable bonds is 4. The molecule has 0 spiro atoms. The summed E-state index contributed by atoms with van der Waals surface area (Å²) in [5, 5.41) is 0. The third-order valence-electron chi connectivity index (χ3n) is 4.97. The van der Waals surface area contributed by atoms with Gasteiger partial charge in [0, 0.05) is 22.8 Å². The fraction of sp³-hybridized carbons (Fsp3) is 0.850. The summed E-state index contributed by atoms with van der Waals surface area (Å²) in [6, 6.07) is 0. The van der Waals surface area contributed by atoms with Crippen LogP contribution in [0.1, 0.15) is 82.1 Å². The highest BCUT2D eigenvalue weighted by Crippen LogP contribution is 2.43. The van der Waals surface area contributed by atoms with Gasteiger partial charge in [0.2, 0.25) is 11.8 Å². The van der Waals surface area contributed by atoms with Crippen molar-refractivity contribution in [2.75, 3.05) is 0 Å². The van der Waals surface area contributed by atoms with Crippen LogP contribution in [-0.4, -0.2) is 28.0 Å². The number of carbonyl (C=O) groups excluding carboxylic acids is 3. The second kappa shape index (κ2) is 5.96. The van der Waals surface area contributed by atoms with Crippen LogP contribution in [0.4, 0.5) is 0 Å². The van der Waals surface area contributed by atoms with Crippen LogP contribution in [0.15, 0.2) is 0 Å². The van der Waals surface area contributed by atoms with E-state index in [-0.39, 0.29) is 35.4 Å². The van der Waals surface area contributed by atoms with E-state index < -0.39 is 16.4 Å². The number of amides is 2. The Labute approximate surface area is 147 Å². The van der Waals surface area contributed by atoms with Crippen molar-refractivity contribution in [3.63, 3.8) is 0 Å². The minimum absolute atomic E-state index is 0.100. The smallest absolute Gasteiger partial charge is 0.233 e. The lowest BCUT2D eigenvalue weighted by molar-refractivity contribution is -0.150. The summed E-state index contributed by atoms with van der Waals surface area (Å²) in [4.78, 5) is 39.6. The lowest BCUT2D eigenvalue weighted by Crippen LogP contribution is -2.52. The molecule has 0 aromatic carbocycles. The maximum Gasteiger partial charge on any atom is 0.233 e. The highest BCUT2D eigenvalue weighted by molar-refractivity contribution is 6.04. The summed E-state index contributed by atoms with van der Waals surface area (Å²) in [6.07, 6.45) is 0.726. The molecule has 0 aliphatic carbocycles. The summed E-state index contributed by atoms with van der Waals surface area (Å²) in [7, 11) is 0. The number of imide groups is 1. The number of ketones is 1. The standard InChI is InChI=1S/C20H35NO3/c1-17(2,3)13-11-14(22)21(15(13)23)20(9,10)12-19(7,8)16(24)18(4,5)6/h13H,11-12H2,1-10H3. The highest BCUT2D eigenvalue weighted by Gasteiger charge is 2.52. The Balaban J connectivity index is 3.10. The Hall–Kier alpha value is -1.19. The lowest BCUT2D eigenvalue weighted by atomic mass is 9.69. The lowest BCUT2D eigenvalue weighted by Gasteiger charge is -2.42. The predicted octanol–water partition coefficient (Wildman–Crippen LogP) is 4.22. The molecule has 0 radical (unpaired) electrons. The molecule has 138 valence electrons. The Morgan fingerprint density at radius 2 is 1.42 bits per heavy atom. The van der Waals surface area contributed by atoms with E-state index in [1.807, 2.05) is 69.2 Å². The fourth-order valence-corrected chi connectivity index (χ4v) is 4.20. The van der Waals surface area contributed by atoms with Gasteiger partial charge in [0.1, 0.15) is 5.78 Å². The molecule has 1 rings (SSSR count). The van der Waals surface area contributed by atoms with Gasteiger partial charge in [0.15, 0.2) is 0 Å². The summed E-state index contributed by atoms with van der Waals surface area (Å²) in [5.74, 6) is -0.360. The number of Topliss-reactive ketones (excluding diaryl/α,β-unsaturated/α-hetero) is 1. The van der Waals surface area contributed by atoms with E-state index in [1.54, 1.807) is 0 Å². The first-order valence-electron chi connectivity index (χ1n) is 8.83. The number of hydrogen-bond donors (Lipinski definition) is 0. The zero-order valence-electron chi connectivity index (χ0n) is 17.2. The summed E-state index contributed by atoms with van der Waals surface area (Å²) in [5.41, 5.74) is -1.98. The van der Waals surface area contributed by atoms with Gasteiger partial charge >= 0.3 is 0 Å². The Bertz CT molecular complexity index is 544. The van der Waals surface area contributed by atoms with Gasteiger partial charge in [-0.2, -0.15) is 0 Å². The molecule has 24 heavy (non-hydrogen) atoms. The molecule has 0 N–H and O–H groups in total. The van der Waals surface area contributed by atoms with Crippen LogP contribution < -0.4 is 0 Å². The van der Waals surface area contributed by atoms with Gasteiger partial charge in [0.05, 0.1) is 5.92 Å². The molecule has 1 unspecified atom stereocenters. The van der Waals surface area contributed by atoms with Gasteiger partial charge in [-0.3, -0.25) is 19.3 Å². The first-order chi connectivity index (χ1) is 10.4. The first kappa shape index (κ1) is 20.9. The van der Waals surface area contributed by atoms with E-state index in [4.69, 9.17) is 0 Å². The van der Waals surface area contributed by atoms with Crippen molar-refractivity contribution in [1.29, 1.82) is 0 Å². The monoisotopic (exact) mass is 337 g/mol. The SMILES string of the molecule is CC(C)(C)C(=O)C(C)(C)CC(C)(C)N1C(=O)CC(C(C)(C)C)C1=O. The van der Waals surface area contributed by atoms with E-state index in [0.717, 1.165) is 0 Å². The molecule has 4 nitrogen and oxygen atoms in total. The van der Waals surface area contributed by atoms with Crippen molar-refractivity contribution in [3.05, 3.63) is 0 Å². The third-order valence-corrected chi connectivity index (χ3v) is 4.97. The van der Waals surface area contributed by atoms with Crippen LogP contribution in [-0.2, 0) is 14.4 Å². The molecule has 4 heteroatoms. The van der Waals surface area contributed by atoms with Crippen molar-refractivity contribution in [2.24, 2.45) is 22.2 Å². The fourth-order valence-electron chi connectivity index (χ4n) is 4.20. The number of nitrogens with zero attached hydrogens (tertiary/aromatic N) is 1. The molecule has 1 atom stereocenters. The quantitative estimate of drug-likeness (QED) is 0.722. The highest BCUT2D eigenvalue weighted by atomic mass is 16.2. The predicted molar refractivity (Wildman–Crippen MR) is 96.4 cm³/mol. The zero-order valence-corrected chi connectivity index (χ0v) is 17.2. The van der Waals surface area contributed by atoms with Crippen molar-refractivity contribution in [2.45, 2.75) is 87.6 Å². The second-order valence-corrected chi connectivity index (χ2v) is 10.6. The maximum atomic E-state index is 12.9. The van der Waals surface area contributed by atoms with Crippen molar-refractivity contribution < 1.29 is 14.4 Å². The third kappa shape index (κ3) is 4.07. The van der Waals surface area contributed by atoms with Crippen LogP contribution in [0, 0.1) is 22.2 Å². The van der Waals surface area contributed by atoms with Crippen LogP contribution >= 0.6 is 0 Å². The molecule has 1 aliphatic rings. The molecule has 1 aliphatic heterocycles. The Morgan fingerprint density at radius 1 is 0.958 bits per heavy atom. The number of carbonyl (C=O) groups is 3. The molecule has 1 heterocycles. The van der Waals surface area contributed by atoms with Crippen LogP contribution in [0.25, 0.3) is 0 Å². The van der Waals surface area contributed by atoms with E-state index in [9.17, 15) is 14.4 Å². The largest absolute Gasteiger partial charge is 0.299 e. The van der Waals surface area contributed by atoms with Gasteiger partial charge in [-0.25, -0.2) is 0 Å². The van der Waals surface area contributed by atoms with E-state index in [1.165, 1.54) is 4.90 Å². The van der Waals surface area contributed by atoms with Gasteiger partial charge in [-0.05, 0) is 25.7 Å². The second-order valence-electron chi connectivity index (χ2n) is 10.6. The average molecular weight is 338 g/mol. The van der Waals surface area contributed by atoms with Gasteiger partial charge in [0.25, 0.3) is 0 Å². The first-order valence-corrected chi connectivity index (χ1v) is 8.83. The van der Waals surface area contributed by atoms with Crippen molar-refractivity contribution in [1.82, 2.24) is 4.90 Å². The molecule has 1 fully saturated rings. The van der Waals surface area contributed by atoms with E-state index >= 15 is 0 Å². The normalized spacial score (nSPS) is 20.8. The molecular formula is C20H35NO3. The maximum absolute atomic E-state index is 12.9. The van der Waals surface area contributed by atoms with Gasteiger partial charge in [-0.15, -0.1) is 0 Å². The summed E-state index contributed by atoms with van der Waals surface area (Å²) < 4.78 is 0. The minimum atomic E-state index is -0.682. The molecule has 1 saturated heterocycles. The van der Waals surface area contributed by atoms with E-state index in [2.05, 4.69) is 0 Å². The van der Waals surface area contributed by atoms with Crippen molar-refractivity contribution in [3.8, 4) is 0 Å². The van der Waals surface area contributed by atoms with Gasteiger partial charge < -0.3 is 0 Å². The molecule has 0 aromatic heterocycles. The van der Waals surface area contributed by atoms with Crippen LogP contribution in [0.5, 0.6) is 0 Å². The Kier molecular flexibility index (Phi) is 5.18. The van der Waals surface area contributed by atoms with E-state index in [0.29, 0.717) is 6.42 Å². The average Bonchev–Trinajstić information content (AvgIpc) is 2.61. The zero-order chi connectivity index (χ0) is 19.3. The molecule has 0 aromatic rings. The minimum Gasteiger partial charge on any atom is -0.299 e.